The number of imidazole rings is 1. The van der Waals surface area contributed by atoms with E-state index in [4.69, 9.17) is 0 Å². The van der Waals surface area contributed by atoms with E-state index in [0.717, 1.165) is 11.5 Å². The number of hydrogen-bond acceptors (Lipinski definition) is 3. The lowest BCUT2D eigenvalue weighted by Crippen LogP contribution is -2.28. The Kier molecular flexibility index (Phi) is 3.18. The highest BCUT2D eigenvalue weighted by Crippen LogP contribution is 2.07. The molecule has 1 atom stereocenters. The highest BCUT2D eigenvalue weighted by atomic mass is 16.1. The third-order valence-corrected chi connectivity index (χ3v) is 2.40. The van der Waals surface area contributed by atoms with E-state index in [0.29, 0.717) is 5.69 Å². The summed E-state index contributed by atoms with van der Waals surface area (Å²) in [6.45, 7) is 3.72. The topological polar surface area (TPSA) is 70.7 Å². The Morgan fingerprint density at radius 1 is 1.47 bits per heavy atom. The van der Waals surface area contributed by atoms with Gasteiger partial charge in [0, 0.05) is 18.1 Å². The van der Waals surface area contributed by atoms with Gasteiger partial charge in [0.2, 0.25) is 0 Å². The second kappa shape index (κ2) is 4.78. The van der Waals surface area contributed by atoms with Crippen LogP contribution in [0.15, 0.2) is 30.6 Å². The first-order valence-electron chi connectivity index (χ1n) is 5.40. The Morgan fingerprint density at radius 3 is 2.94 bits per heavy atom. The average molecular weight is 230 g/mol. The minimum Gasteiger partial charge on any atom is -0.347 e. The predicted octanol–water partition coefficient (Wildman–Crippen LogP) is 1.60. The van der Waals surface area contributed by atoms with Gasteiger partial charge in [-0.1, -0.05) is 6.07 Å². The molecule has 2 rings (SSSR count). The number of H-pyrrole nitrogens is 1. The molecule has 2 N–H and O–H groups in total. The fourth-order valence-electron chi connectivity index (χ4n) is 1.52. The Morgan fingerprint density at radius 2 is 2.29 bits per heavy atom. The van der Waals surface area contributed by atoms with Crippen molar-refractivity contribution in [2.24, 2.45) is 0 Å². The van der Waals surface area contributed by atoms with Gasteiger partial charge in [0.05, 0.1) is 6.04 Å². The molecule has 2 aromatic rings. The maximum absolute atomic E-state index is 11.9. The van der Waals surface area contributed by atoms with Crippen LogP contribution in [0.4, 0.5) is 0 Å². The maximum atomic E-state index is 11.9. The van der Waals surface area contributed by atoms with E-state index in [2.05, 4.69) is 20.3 Å². The lowest BCUT2D eigenvalue weighted by Gasteiger charge is -2.11. The third kappa shape index (κ3) is 2.69. The zero-order valence-corrected chi connectivity index (χ0v) is 9.77. The number of nitrogens with zero attached hydrogens (tertiary/aromatic N) is 2. The molecule has 2 heterocycles. The quantitative estimate of drug-likeness (QED) is 0.841. The van der Waals surface area contributed by atoms with Crippen LogP contribution in [0.2, 0.25) is 0 Å². The Labute approximate surface area is 99.3 Å². The fraction of sp³-hybridized carbons (Fsp3) is 0.250. The van der Waals surface area contributed by atoms with Crippen LogP contribution in [-0.2, 0) is 0 Å². The third-order valence-electron chi connectivity index (χ3n) is 2.40. The standard InChI is InChI=1S/C12H14N4O/c1-8-4-3-5-10(15-8)12(17)16-9(2)11-13-6-7-14-11/h3-7,9H,1-2H3,(H,13,14)(H,16,17). The normalized spacial score (nSPS) is 12.1. The number of aromatic nitrogens is 3. The van der Waals surface area contributed by atoms with Crippen LogP contribution >= 0.6 is 0 Å². The van der Waals surface area contributed by atoms with Gasteiger partial charge < -0.3 is 10.3 Å². The molecule has 0 fully saturated rings. The molecular weight excluding hydrogens is 216 g/mol. The average Bonchev–Trinajstić information content (AvgIpc) is 2.82. The molecular formula is C12H14N4O. The summed E-state index contributed by atoms with van der Waals surface area (Å²) in [5, 5.41) is 2.83. The lowest BCUT2D eigenvalue weighted by atomic mass is 10.2. The largest absolute Gasteiger partial charge is 0.347 e. The zero-order valence-electron chi connectivity index (χ0n) is 9.77. The highest BCUT2D eigenvalue weighted by molar-refractivity contribution is 5.92. The van der Waals surface area contributed by atoms with Gasteiger partial charge in [0.15, 0.2) is 0 Å². The number of pyridine rings is 1. The minimum absolute atomic E-state index is 0.167. The molecule has 5 heteroatoms. The summed E-state index contributed by atoms with van der Waals surface area (Å²) in [6.07, 6.45) is 3.38. The van der Waals surface area contributed by atoms with Gasteiger partial charge >= 0.3 is 0 Å². The summed E-state index contributed by atoms with van der Waals surface area (Å²) >= 11 is 0. The first-order valence-corrected chi connectivity index (χ1v) is 5.40. The first kappa shape index (κ1) is 11.3. The summed E-state index contributed by atoms with van der Waals surface area (Å²) in [5.41, 5.74) is 1.24. The first-order chi connectivity index (χ1) is 8.16. The van der Waals surface area contributed by atoms with Crippen molar-refractivity contribution in [3.63, 3.8) is 0 Å². The van der Waals surface area contributed by atoms with E-state index in [9.17, 15) is 4.79 Å². The molecule has 0 aliphatic rings. The summed E-state index contributed by atoms with van der Waals surface area (Å²) in [4.78, 5) is 23.1. The van der Waals surface area contributed by atoms with Gasteiger partial charge in [-0.05, 0) is 26.0 Å². The Bertz CT molecular complexity index is 507. The SMILES string of the molecule is Cc1cccc(C(=O)NC(C)c2ncc[nH]2)n1. The summed E-state index contributed by atoms with van der Waals surface area (Å²) in [5.74, 6) is 0.531. The fourth-order valence-corrected chi connectivity index (χ4v) is 1.52. The maximum Gasteiger partial charge on any atom is 0.270 e. The van der Waals surface area contributed by atoms with Gasteiger partial charge in [-0.25, -0.2) is 9.97 Å². The van der Waals surface area contributed by atoms with Crippen LogP contribution < -0.4 is 5.32 Å². The Hall–Kier alpha value is -2.17. The molecule has 17 heavy (non-hydrogen) atoms. The van der Waals surface area contributed by atoms with Gasteiger partial charge in [0.1, 0.15) is 11.5 Å². The van der Waals surface area contributed by atoms with Crippen molar-refractivity contribution in [3.8, 4) is 0 Å². The van der Waals surface area contributed by atoms with Gasteiger partial charge in [-0.3, -0.25) is 4.79 Å². The lowest BCUT2D eigenvalue weighted by molar-refractivity contribution is 0.0933. The van der Waals surface area contributed by atoms with Crippen LogP contribution in [0.3, 0.4) is 0 Å². The summed E-state index contributed by atoms with van der Waals surface area (Å²) in [7, 11) is 0. The monoisotopic (exact) mass is 230 g/mol. The number of rotatable bonds is 3. The van der Waals surface area contributed by atoms with E-state index in [1.54, 1.807) is 18.5 Å². The van der Waals surface area contributed by atoms with Crippen molar-refractivity contribution in [1.29, 1.82) is 0 Å². The van der Waals surface area contributed by atoms with E-state index in [1.165, 1.54) is 0 Å². The summed E-state index contributed by atoms with van der Waals surface area (Å²) < 4.78 is 0. The zero-order chi connectivity index (χ0) is 12.3. The van der Waals surface area contributed by atoms with Crippen LogP contribution in [0.5, 0.6) is 0 Å². The number of carbonyl (C=O) groups excluding carboxylic acids is 1. The van der Waals surface area contributed by atoms with E-state index >= 15 is 0 Å². The molecule has 2 aromatic heterocycles. The smallest absolute Gasteiger partial charge is 0.270 e. The molecule has 0 aliphatic carbocycles. The molecule has 0 saturated carbocycles. The number of amides is 1. The second-order valence-electron chi connectivity index (χ2n) is 3.83. The van der Waals surface area contributed by atoms with Crippen molar-refractivity contribution < 1.29 is 4.79 Å². The van der Waals surface area contributed by atoms with Gasteiger partial charge in [-0.2, -0.15) is 0 Å². The number of hydrogen-bond donors (Lipinski definition) is 2. The number of nitrogens with one attached hydrogen (secondary N) is 2. The molecule has 0 aliphatic heterocycles. The molecule has 1 amide bonds. The molecule has 5 nitrogen and oxygen atoms in total. The predicted molar refractivity (Wildman–Crippen MR) is 63.4 cm³/mol. The molecule has 0 aromatic carbocycles. The van der Waals surface area contributed by atoms with E-state index < -0.39 is 0 Å². The van der Waals surface area contributed by atoms with E-state index in [1.807, 2.05) is 26.0 Å². The van der Waals surface area contributed by atoms with Crippen LogP contribution in [0, 0.1) is 6.92 Å². The van der Waals surface area contributed by atoms with Crippen molar-refractivity contribution >= 4 is 5.91 Å². The highest BCUT2D eigenvalue weighted by Gasteiger charge is 2.13. The van der Waals surface area contributed by atoms with Crippen molar-refractivity contribution in [3.05, 3.63) is 47.8 Å². The molecule has 0 radical (unpaired) electrons. The van der Waals surface area contributed by atoms with Gasteiger partial charge in [0.25, 0.3) is 5.91 Å². The molecule has 0 saturated heterocycles. The number of aromatic amines is 1. The molecule has 88 valence electrons. The molecule has 0 bridgehead atoms. The second-order valence-corrected chi connectivity index (χ2v) is 3.83. The van der Waals surface area contributed by atoms with Crippen LogP contribution in [0.1, 0.15) is 35.0 Å². The number of aryl methyl sites for hydroxylation is 1. The Balaban J connectivity index is 2.07. The minimum atomic E-state index is -0.197. The van der Waals surface area contributed by atoms with E-state index in [-0.39, 0.29) is 11.9 Å². The molecule has 0 spiro atoms. The van der Waals surface area contributed by atoms with Crippen molar-refractivity contribution in [2.45, 2.75) is 19.9 Å². The molecule has 1 unspecified atom stereocenters. The number of carbonyl (C=O) groups is 1. The van der Waals surface area contributed by atoms with Crippen LogP contribution in [-0.4, -0.2) is 20.9 Å². The van der Waals surface area contributed by atoms with Crippen molar-refractivity contribution in [2.75, 3.05) is 0 Å². The van der Waals surface area contributed by atoms with Crippen LogP contribution in [0.25, 0.3) is 0 Å². The summed E-state index contributed by atoms with van der Waals surface area (Å²) in [6, 6.07) is 5.19. The van der Waals surface area contributed by atoms with Crippen molar-refractivity contribution in [1.82, 2.24) is 20.3 Å². The van der Waals surface area contributed by atoms with Gasteiger partial charge in [-0.15, -0.1) is 0 Å².